The Morgan fingerprint density at radius 3 is 2.47 bits per heavy atom. The van der Waals surface area contributed by atoms with Gasteiger partial charge in [0.15, 0.2) is 11.2 Å². The van der Waals surface area contributed by atoms with Crippen LogP contribution in [0, 0.1) is 0 Å². The molecule has 2 aromatic heterocycles. The lowest BCUT2D eigenvalue weighted by atomic mass is 9.84. The number of nitrogens with zero attached hydrogens (tertiary/aromatic N) is 3. The normalized spacial score (nSPS) is 11.8. The van der Waals surface area contributed by atoms with E-state index in [0.717, 1.165) is 24.8 Å². The first-order valence-corrected chi connectivity index (χ1v) is 11.4. The molecule has 0 fully saturated rings. The standard InChI is InChI=1S/C23H30ClN5O3/c1-4-5-9-14-28-18-17(26-21(24)27-18)19(30)29(22(28)32)15-10-13-25-20(31)23(2,3)16-11-7-6-8-12-16/h6-8,11-12H,4-5,9-10,13-15H2,1-3H3,(H,25,31)(H,26,27). The number of aryl methyl sites for hydroxylation is 1. The average Bonchev–Trinajstić information content (AvgIpc) is 3.17. The number of fused-ring (bicyclic) bond motifs is 1. The number of nitrogens with one attached hydrogen (secondary N) is 2. The van der Waals surface area contributed by atoms with Crippen LogP contribution >= 0.6 is 11.6 Å². The number of hydrogen-bond acceptors (Lipinski definition) is 4. The molecule has 9 heteroatoms. The van der Waals surface area contributed by atoms with E-state index >= 15 is 0 Å². The van der Waals surface area contributed by atoms with Crippen molar-refractivity contribution in [1.82, 2.24) is 24.4 Å². The predicted molar refractivity (Wildman–Crippen MR) is 126 cm³/mol. The molecule has 0 spiro atoms. The number of carbonyl (C=O) groups excluding carboxylic acids is 1. The van der Waals surface area contributed by atoms with Crippen molar-refractivity contribution < 1.29 is 4.79 Å². The van der Waals surface area contributed by atoms with Crippen LogP contribution in [0.2, 0.25) is 5.28 Å². The Kier molecular flexibility index (Phi) is 7.56. The molecule has 0 bridgehead atoms. The summed E-state index contributed by atoms with van der Waals surface area (Å²) >= 11 is 5.97. The van der Waals surface area contributed by atoms with Crippen LogP contribution in [0.15, 0.2) is 39.9 Å². The summed E-state index contributed by atoms with van der Waals surface area (Å²) in [5.41, 5.74) is -0.110. The first-order chi connectivity index (χ1) is 15.3. The van der Waals surface area contributed by atoms with Crippen molar-refractivity contribution in [2.45, 2.75) is 65.0 Å². The summed E-state index contributed by atoms with van der Waals surface area (Å²) < 4.78 is 2.70. The van der Waals surface area contributed by atoms with Gasteiger partial charge in [-0.3, -0.25) is 18.7 Å². The van der Waals surface area contributed by atoms with Crippen LogP contribution < -0.4 is 16.6 Å². The Labute approximate surface area is 191 Å². The van der Waals surface area contributed by atoms with Gasteiger partial charge in [0.25, 0.3) is 5.56 Å². The lowest BCUT2D eigenvalue weighted by molar-refractivity contribution is -0.125. The predicted octanol–water partition coefficient (Wildman–Crippen LogP) is 3.21. The van der Waals surface area contributed by atoms with Crippen LogP contribution in [0.25, 0.3) is 11.2 Å². The van der Waals surface area contributed by atoms with Crippen LogP contribution in [0.3, 0.4) is 0 Å². The Bertz CT molecular complexity index is 1190. The summed E-state index contributed by atoms with van der Waals surface area (Å²) in [6.07, 6.45) is 3.22. The number of hydrogen-bond donors (Lipinski definition) is 2. The highest BCUT2D eigenvalue weighted by atomic mass is 35.5. The third-order valence-corrected chi connectivity index (χ3v) is 5.90. The molecule has 2 N–H and O–H groups in total. The van der Waals surface area contributed by atoms with Gasteiger partial charge in [0.05, 0.1) is 5.41 Å². The number of carbonyl (C=O) groups is 1. The summed E-state index contributed by atoms with van der Waals surface area (Å²) in [6, 6.07) is 9.56. The minimum atomic E-state index is -0.685. The maximum absolute atomic E-state index is 13.0. The number of amides is 1. The maximum Gasteiger partial charge on any atom is 0.332 e. The second-order valence-corrected chi connectivity index (χ2v) is 8.78. The van der Waals surface area contributed by atoms with Gasteiger partial charge in [-0.25, -0.2) is 4.79 Å². The zero-order valence-electron chi connectivity index (χ0n) is 18.8. The van der Waals surface area contributed by atoms with Crippen molar-refractivity contribution >= 4 is 28.7 Å². The number of unbranched alkanes of at least 4 members (excludes halogenated alkanes) is 2. The highest BCUT2D eigenvalue weighted by molar-refractivity contribution is 6.28. The molecule has 0 unspecified atom stereocenters. The highest BCUT2D eigenvalue weighted by Gasteiger charge is 2.29. The van der Waals surface area contributed by atoms with Crippen molar-refractivity contribution in [3.63, 3.8) is 0 Å². The van der Waals surface area contributed by atoms with Crippen molar-refractivity contribution in [2.24, 2.45) is 0 Å². The van der Waals surface area contributed by atoms with Crippen molar-refractivity contribution in [2.75, 3.05) is 6.54 Å². The van der Waals surface area contributed by atoms with Gasteiger partial charge in [0.2, 0.25) is 11.2 Å². The quantitative estimate of drug-likeness (QED) is 0.359. The summed E-state index contributed by atoms with van der Waals surface area (Å²) in [7, 11) is 0. The van der Waals surface area contributed by atoms with E-state index in [4.69, 9.17) is 11.6 Å². The van der Waals surface area contributed by atoms with Crippen molar-refractivity contribution in [3.05, 3.63) is 62.0 Å². The minimum Gasteiger partial charge on any atom is -0.355 e. The second kappa shape index (κ2) is 10.2. The third kappa shape index (κ3) is 4.96. The molecule has 0 aliphatic carbocycles. The Morgan fingerprint density at radius 1 is 1.09 bits per heavy atom. The Balaban J connectivity index is 1.73. The zero-order chi connectivity index (χ0) is 23.3. The molecule has 1 amide bonds. The van der Waals surface area contributed by atoms with E-state index in [-0.39, 0.29) is 28.9 Å². The fraction of sp³-hybridized carbons (Fsp3) is 0.478. The van der Waals surface area contributed by atoms with Gasteiger partial charge in [0, 0.05) is 19.6 Å². The van der Waals surface area contributed by atoms with E-state index in [1.54, 1.807) is 0 Å². The molecule has 3 rings (SSSR count). The summed E-state index contributed by atoms with van der Waals surface area (Å²) in [4.78, 5) is 45.5. The molecule has 0 radical (unpaired) electrons. The van der Waals surface area contributed by atoms with Crippen LogP contribution in [-0.4, -0.2) is 31.6 Å². The van der Waals surface area contributed by atoms with Crippen molar-refractivity contribution in [3.8, 4) is 0 Å². The Morgan fingerprint density at radius 2 is 1.78 bits per heavy atom. The Hall–Kier alpha value is -2.87. The van der Waals surface area contributed by atoms with Gasteiger partial charge >= 0.3 is 5.69 Å². The monoisotopic (exact) mass is 459 g/mol. The molecule has 32 heavy (non-hydrogen) atoms. The SMILES string of the molecule is CCCCCn1c(=O)n(CCCNC(=O)C(C)(C)c2ccccc2)c(=O)c2[nH]c(Cl)nc21. The first kappa shape index (κ1) is 23.8. The smallest absolute Gasteiger partial charge is 0.332 e. The molecule has 8 nitrogen and oxygen atoms in total. The molecule has 0 aliphatic rings. The zero-order valence-corrected chi connectivity index (χ0v) is 19.5. The van der Waals surface area contributed by atoms with E-state index in [9.17, 15) is 14.4 Å². The lowest BCUT2D eigenvalue weighted by Crippen LogP contribution is -2.42. The van der Waals surface area contributed by atoms with Gasteiger partial charge in [-0.05, 0) is 43.9 Å². The van der Waals surface area contributed by atoms with Gasteiger partial charge in [-0.1, -0.05) is 50.1 Å². The number of aromatic nitrogens is 4. The largest absolute Gasteiger partial charge is 0.355 e. The fourth-order valence-electron chi connectivity index (χ4n) is 3.70. The molecular formula is C23H30ClN5O3. The molecule has 0 saturated heterocycles. The van der Waals surface area contributed by atoms with Crippen molar-refractivity contribution in [1.29, 1.82) is 0 Å². The number of aromatic amines is 1. The summed E-state index contributed by atoms with van der Waals surface area (Å²) in [5, 5.41) is 3.00. The van der Waals surface area contributed by atoms with Gasteiger partial charge in [-0.15, -0.1) is 0 Å². The van der Waals surface area contributed by atoms with Gasteiger partial charge in [0.1, 0.15) is 0 Å². The van der Waals surface area contributed by atoms with E-state index in [1.807, 2.05) is 44.2 Å². The highest BCUT2D eigenvalue weighted by Crippen LogP contribution is 2.22. The van der Waals surface area contributed by atoms with Crippen LogP contribution in [0.1, 0.15) is 52.0 Å². The summed E-state index contributed by atoms with van der Waals surface area (Å²) in [5.74, 6) is -0.108. The second-order valence-electron chi connectivity index (χ2n) is 8.42. The first-order valence-electron chi connectivity index (χ1n) is 11.0. The molecule has 0 saturated carbocycles. The fourth-order valence-corrected chi connectivity index (χ4v) is 3.88. The van der Waals surface area contributed by atoms with Crippen LogP contribution in [0.4, 0.5) is 0 Å². The number of rotatable bonds is 10. The summed E-state index contributed by atoms with van der Waals surface area (Å²) in [6.45, 7) is 6.81. The molecule has 0 atom stereocenters. The third-order valence-electron chi connectivity index (χ3n) is 5.72. The number of H-pyrrole nitrogens is 1. The molecule has 172 valence electrons. The molecule has 3 aromatic rings. The van der Waals surface area contributed by atoms with E-state index in [0.29, 0.717) is 19.5 Å². The molecular weight excluding hydrogens is 430 g/mol. The lowest BCUT2D eigenvalue weighted by Gasteiger charge is -2.24. The van der Waals surface area contributed by atoms with Gasteiger partial charge < -0.3 is 10.3 Å². The topological polar surface area (TPSA) is 102 Å². The maximum atomic E-state index is 13.0. The van der Waals surface area contributed by atoms with Crippen LogP contribution in [0.5, 0.6) is 0 Å². The number of halogens is 1. The van der Waals surface area contributed by atoms with E-state index in [2.05, 4.69) is 22.2 Å². The molecule has 2 heterocycles. The number of imidazole rings is 1. The van der Waals surface area contributed by atoms with E-state index < -0.39 is 16.7 Å². The van der Waals surface area contributed by atoms with E-state index in [1.165, 1.54) is 9.13 Å². The van der Waals surface area contributed by atoms with Crippen LogP contribution in [-0.2, 0) is 23.3 Å². The molecule has 1 aromatic carbocycles. The van der Waals surface area contributed by atoms with Gasteiger partial charge in [-0.2, -0.15) is 4.98 Å². The molecule has 0 aliphatic heterocycles. The minimum absolute atomic E-state index is 0.0777. The average molecular weight is 460 g/mol. The number of benzene rings is 1.